The van der Waals surface area contributed by atoms with E-state index in [1.807, 2.05) is 6.07 Å². The number of amides is 1. The quantitative estimate of drug-likeness (QED) is 0.748. The number of hydrogen-bond donors (Lipinski definition) is 1. The fourth-order valence-corrected chi connectivity index (χ4v) is 2.84. The number of nitrogens with zero attached hydrogens (tertiary/aromatic N) is 1. The second kappa shape index (κ2) is 8.07. The van der Waals surface area contributed by atoms with Gasteiger partial charge in [0.2, 0.25) is 0 Å². The summed E-state index contributed by atoms with van der Waals surface area (Å²) in [6, 6.07) is 5.45. The molecule has 0 aliphatic heterocycles. The van der Waals surface area contributed by atoms with Gasteiger partial charge in [0.1, 0.15) is 0 Å². The van der Waals surface area contributed by atoms with Crippen LogP contribution in [-0.2, 0) is 0 Å². The van der Waals surface area contributed by atoms with E-state index >= 15 is 0 Å². The molecule has 1 aromatic carbocycles. The third-order valence-corrected chi connectivity index (χ3v) is 4.32. The minimum Gasteiger partial charge on any atom is -0.395 e. The average molecular weight is 396 g/mol. The predicted octanol–water partition coefficient (Wildman–Crippen LogP) is 3.57. The van der Waals surface area contributed by atoms with Crippen LogP contribution in [0.25, 0.3) is 0 Å². The number of aliphatic hydroxyl groups is 1. The summed E-state index contributed by atoms with van der Waals surface area (Å²) in [6.45, 7) is 4.43. The topological polar surface area (TPSA) is 40.5 Å². The molecular weight excluding hydrogens is 377 g/mol. The van der Waals surface area contributed by atoms with Crippen LogP contribution in [0.3, 0.4) is 0 Å². The van der Waals surface area contributed by atoms with E-state index in [-0.39, 0.29) is 18.6 Å². The molecule has 1 aromatic rings. The van der Waals surface area contributed by atoms with Crippen LogP contribution >= 0.6 is 34.2 Å². The van der Waals surface area contributed by atoms with Crippen molar-refractivity contribution in [2.45, 2.75) is 32.7 Å². The Morgan fingerprint density at radius 3 is 2.58 bits per heavy atom. The van der Waals surface area contributed by atoms with Crippen molar-refractivity contribution in [3.63, 3.8) is 0 Å². The number of carbonyl (C=O) groups excluding carboxylic acids is 1. The Labute approximate surface area is 133 Å². The van der Waals surface area contributed by atoms with Gasteiger partial charge in [0.15, 0.2) is 0 Å². The fourth-order valence-electron chi connectivity index (χ4n) is 2.10. The number of halogens is 2. The van der Waals surface area contributed by atoms with E-state index in [0.717, 1.165) is 16.4 Å². The second-order valence-corrected chi connectivity index (χ2v) is 5.92. The minimum absolute atomic E-state index is 0.0284. The molecule has 5 heteroatoms. The first-order valence-electron chi connectivity index (χ1n) is 6.42. The van der Waals surface area contributed by atoms with Gasteiger partial charge in [-0.1, -0.05) is 25.4 Å². The van der Waals surface area contributed by atoms with Gasteiger partial charge in [0.05, 0.1) is 12.2 Å². The number of carbonyl (C=O) groups is 1. The molecule has 1 N–H and O–H groups in total. The summed E-state index contributed by atoms with van der Waals surface area (Å²) in [6.07, 6.45) is 1.75. The zero-order chi connectivity index (χ0) is 14.4. The molecule has 0 unspecified atom stereocenters. The summed E-state index contributed by atoms with van der Waals surface area (Å²) in [5.74, 6) is -0.0605. The van der Waals surface area contributed by atoms with Crippen LogP contribution in [0.5, 0.6) is 0 Å². The molecule has 0 spiro atoms. The van der Waals surface area contributed by atoms with Gasteiger partial charge < -0.3 is 10.0 Å². The molecule has 0 bridgehead atoms. The maximum Gasteiger partial charge on any atom is 0.255 e. The van der Waals surface area contributed by atoms with E-state index in [4.69, 9.17) is 11.6 Å². The Morgan fingerprint density at radius 2 is 2.05 bits per heavy atom. The first kappa shape index (κ1) is 16.7. The van der Waals surface area contributed by atoms with E-state index in [1.54, 1.807) is 17.0 Å². The monoisotopic (exact) mass is 395 g/mol. The standard InChI is InChI=1S/C14H19ClINO2/c1-3-11(4-2)17(7-8-18)14(19)12-9-10(15)5-6-13(12)16/h5-6,9,11,18H,3-4,7-8H2,1-2H3. The largest absolute Gasteiger partial charge is 0.395 e. The lowest BCUT2D eigenvalue weighted by Gasteiger charge is -2.30. The molecule has 0 radical (unpaired) electrons. The van der Waals surface area contributed by atoms with Crippen LogP contribution in [0.1, 0.15) is 37.0 Å². The summed E-state index contributed by atoms with van der Waals surface area (Å²) in [7, 11) is 0. The van der Waals surface area contributed by atoms with Gasteiger partial charge in [0.25, 0.3) is 5.91 Å². The highest BCUT2D eigenvalue weighted by Gasteiger charge is 2.23. The highest BCUT2D eigenvalue weighted by atomic mass is 127. The van der Waals surface area contributed by atoms with E-state index in [1.165, 1.54) is 0 Å². The van der Waals surface area contributed by atoms with Crippen molar-refractivity contribution in [2.24, 2.45) is 0 Å². The lowest BCUT2D eigenvalue weighted by molar-refractivity contribution is 0.0621. The molecule has 0 aliphatic rings. The first-order chi connectivity index (χ1) is 9.04. The summed E-state index contributed by atoms with van der Waals surface area (Å²) in [4.78, 5) is 14.4. The summed E-state index contributed by atoms with van der Waals surface area (Å²) in [5, 5.41) is 9.73. The van der Waals surface area contributed by atoms with Crippen LogP contribution in [-0.4, -0.2) is 35.1 Å². The molecule has 1 rings (SSSR count). The van der Waals surface area contributed by atoms with Crippen molar-refractivity contribution >= 4 is 40.1 Å². The molecule has 1 amide bonds. The van der Waals surface area contributed by atoms with Gasteiger partial charge in [0, 0.05) is 21.2 Å². The number of hydrogen-bond acceptors (Lipinski definition) is 2. The van der Waals surface area contributed by atoms with E-state index in [2.05, 4.69) is 36.4 Å². The Bertz CT molecular complexity index is 435. The number of benzene rings is 1. The van der Waals surface area contributed by atoms with Gasteiger partial charge in [-0.15, -0.1) is 0 Å². The molecule has 0 heterocycles. The maximum absolute atomic E-state index is 12.6. The predicted molar refractivity (Wildman–Crippen MR) is 86.7 cm³/mol. The molecule has 0 aromatic heterocycles. The van der Waals surface area contributed by atoms with Crippen LogP contribution in [0, 0.1) is 3.57 Å². The van der Waals surface area contributed by atoms with Gasteiger partial charge in [-0.25, -0.2) is 0 Å². The fraction of sp³-hybridized carbons (Fsp3) is 0.500. The molecule has 0 fully saturated rings. The Morgan fingerprint density at radius 1 is 1.42 bits per heavy atom. The SMILES string of the molecule is CCC(CC)N(CCO)C(=O)c1cc(Cl)ccc1I. The second-order valence-electron chi connectivity index (χ2n) is 4.32. The molecular formula is C14H19ClINO2. The third kappa shape index (κ3) is 4.33. The van der Waals surface area contributed by atoms with Gasteiger partial charge in [-0.3, -0.25) is 4.79 Å². The Kier molecular flexibility index (Phi) is 7.10. The zero-order valence-corrected chi connectivity index (χ0v) is 14.1. The average Bonchev–Trinajstić information content (AvgIpc) is 2.41. The van der Waals surface area contributed by atoms with E-state index in [0.29, 0.717) is 17.1 Å². The third-order valence-electron chi connectivity index (χ3n) is 3.14. The number of rotatable bonds is 6. The number of aliphatic hydroxyl groups excluding tert-OH is 1. The molecule has 0 aliphatic carbocycles. The van der Waals surface area contributed by atoms with E-state index in [9.17, 15) is 9.90 Å². The van der Waals surface area contributed by atoms with Crippen molar-refractivity contribution in [2.75, 3.05) is 13.2 Å². The Hall–Kier alpha value is -0.330. The Balaban J connectivity index is 3.08. The van der Waals surface area contributed by atoms with Crippen molar-refractivity contribution in [1.82, 2.24) is 4.90 Å². The molecule has 3 nitrogen and oxygen atoms in total. The van der Waals surface area contributed by atoms with Crippen LogP contribution in [0.15, 0.2) is 18.2 Å². The minimum atomic E-state index is -0.0605. The molecule has 0 atom stereocenters. The van der Waals surface area contributed by atoms with Crippen molar-refractivity contribution in [3.05, 3.63) is 32.4 Å². The maximum atomic E-state index is 12.6. The summed E-state index contributed by atoms with van der Waals surface area (Å²) >= 11 is 8.10. The lowest BCUT2D eigenvalue weighted by Crippen LogP contribution is -2.41. The first-order valence-corrected chi connectivity index (χ1v) is 7.87. The van der Waals surface area contributed by atoms with Crippen molar-refractivity contribution in [3.8, 4) is 0 Å². The van der Waals surface area contributed by atoms with Gasteiger partial charge >= 0.3 is 0 Å². The van der Waals surface area contributed by atoms with Crippen molar-refractivity contribution in [1.29, 1.82) is 0 Å². The molecule has 19 heavy (non-hydrogen) atoms. The molecule has 106 valence electrons. The van der Waals surface area contributed by atoms with E-state index < -0.39 is 0 Å². The normalized spacial score (nSPS) is 10.8. The van der Waals surface area contributed by atoms with Crippen molar-refractivity contribution < 1.29 is 9.90 Å². The van der Waals surface area contributed by atoms with Crippen LogP contribution in [0.2, 0.25) is 5.02 Å². The van der Waals surface area contributed by atoms with Crippen LogP contribution < -0.4 is 0 Å². The highest BCUT2D eigenvalue weighted by Crippen LogP contribution is 2.21. The smallest absolute Gasteiger partial charge is 0.255 e. The molecule has 0 saturated carbocycles. The molecule has 0 saturated heterocycles. The summed E-state index contributed by atoms with van der Waals surface area (Å²) < 4.78 is 0.876. The highest BCUT2D eigenvalue weighted by molar-refractivity contribution is 14.1. The van der Waals surface area contributed by atoms with Gasteiger partial charge in [-0.2, -0.15) is 0 Å². The zero-order valence-electron chi connectivity index (χ0n) is 11.2. The lowest BCUT2D eigenvalue weighted by atomic mass is 10.1. The van der Waals surface area contributed by atoms with Gasteiger partial charge in [-0.05, 0) is 53.6 Å². The summed E-state index contributed by atoms with van der Waals surface area (Å²) in [5.41, 5.74) is 0.605. The van der Waals surface area contributed by atoms with Crippen LogP contribution in [0.4, 0.5) is 0 Å².